The molecule has 1 unspecified atom stereocenters. The van der Waals surface area contributed by atoms with E-state index in [9.17, 15) is 18.3 Å². The molecule has 9 heteroatoms. The standard InChI is InChI=1S/C23H36N2O6S/c1-4-20(24-23(27)31-18-12-17-10-11-30-22(17)13-18)21(26)15-25(14-16(2)3)32(28,29)19-8-6-5-7-9-19/h5-9,16-18,20-22,26H,4,10-15H2,1-3H3,(H,24,27)/t17?,18-,20+,21-,22-/m1/s1. The highest BCUT2D eigenvalue weighted by Crippen LogP contribution is 2.37. The number of hydrogen-bond donors (Lipinski definition) is 2. The summed E-state index contributed by atoms with van der Waals surface area (Å²) in [6.07, 6.45) is 1.28. The highest BCUT2D eigenvalue weighted by atomic mass is 32.2. The van der Waals surface area contributed by atoms with Gasteiger partial charge in [0.2, 0.25) is 10.0 Å². The Hall–Kier alpha value is -1.68. The molecule has 1 heterocycles. The monoisotopic (exact) mass is 468 g/mol. The molecule has 1 aromatic rings. The second kappa shape index (κ2) is 11.0. The van der Waals surface area contributed by atoms with Crippen LogP contribution in [0.3, 0.4) is 0 Å². The van der Waals surface area contributed by atoms with Crippen molar-refractivity contribution in [2.75, 3.05) is 19.7 Å². The van der Waals surface area contributed by atoms with Crippen molar-refractivity contribution in [3.63, 3.8) is 0 Å². The number of sulfonamides is 1. The van der Waals surface area contributed by atoms with Crippen molar-refractivity contribution < 1.29 is 27.8 Å². The number of ether oxygens (including phenoxy) is 2. The van der Waals surface area contributed by atoms with E-state index in [2.05, 4.69) is 5.32 Å². The Bertz CT molecular complexity index is 835. The van der Waals surface area contributed by atoms with Gasteiger partial charge in [0.15, 0.2) is 0 Å². The normalized spacial score (nSPS) is 25.0. The van der Waals surface area contributed by atoms with Crippen LogP contribution >= 0.6 is 0 Å². The van der Waals surface area contributed by atoms with E-state index < -0.39 is 28.3 Å². The number of amides is 1. The van der Waals surface area contributed by atoms with Gasteiger partial charge < -0.3 is 19.9 Å². The van der Waals surface area contributed by atoms with Crippen molar-refractivity contribution in [1.29, 1.82) is 0 Å². The van der Waals surface area contributed by atoms with Gasteiger partial charge in [0.25, 0.3) is 0 Å². The van der Waals surface area contributed by atoms with E-state index in [4.69, 9.17) is 9.47 Å². The number of aliphatic hydroxyl groups excluding tert-OH is 1. The van der Waals surface area contributed by atoms with Crippen LogP contribution in [-0.2, 0) is 19.5 Å². The second-order valence-corrected chi connectivity index (χ2v) is 11.2. The Morgan fingerprint density at radius 3 is 2.59 bits per heavy atom. The van der Waals surface area contributed by atoms with E-state index >= 15 is 0 Å². The van der Waals surface area contributed by atoms with Crippen molar-refractivity contribution in [2.24, 2.45) is 11.8 Å². The molecule has 8 nitrogen and oxygen atoms in total. The summed E-state index contributed by atoms with van der Waals surface area (Å²) in [6, 6.07) is 7.56. The van der Waals surface area contributed by atoms with Crippen LogP contribution in [0.15, 0.2) is 35.2 Å². The van der Waals surface area contributed by atoms with Crippen LogP contribution in [0, 0.1) is 11.8 Å². The minimum absolute atomic E-state index is 0.0720. The van der Waals surface area contributed by atoms with Gasteiger partial charge in [0, 0.05) is 26.1 Å². The van der Waals surface area contributed by atoms with Crippen molar-refractivity contribution in [1.82, 2.24) is 9.62 Å². The molecule has 5 atom stereocenters. The summed E-state index contributed by atoms with van der Waals surface area (Å²) >= 11 is 0. The molecule has 2 aliphatic rings. The maximum atomic E-state index is 13.2. The maximum Gasteiger partial charge on any atom is 0.407 e. The highest BCUT2D eigenvalue weighted by Gasteiger charge is 2.40. The number of nitrogens with zero attached hydrogens (tertiary/aromatic N) is 1. The van der Waals surface area contributed by atoms with E-state index in [1.54, 1.807) is 30.3 Å². The fraction of sp³-hybridized carbons (Fsp3) is 0.696. The van der Waals surface area contributed by atoms with Gasteiger partial charge in [-0.1, -0.05) is 39.0 Å². The van der Waals surface area contributed by atoms with Gasteiger partial charge in [-0.3, -0.25) is 0 Å². The van der Waals surface area contributed by atoms with Gasteiger partial charge in [-0.05, 0) is 43.2 Å². The molecule has 1 aliphatic carbocycles. The van der Waals surface area contributed by atoms with Crippen LogP contribution in [0.2, 0.25) is 0 Å². The number of benzene rings is 1. The van der Waals surface area contributed by atoms with Crippen molar-refractivity contribution in [3.8, 4) is 0 Å². The zero-order valence-electron chi connectivity index (χ0n) is 19.1. The predicted molar refractivity (Wildman–Crippen MR) is 121 cm³/mol. The first-order valence-corrected chi connectivity index (χ1v) is 13.0. The molecule has 0 spiro atoms. The summed E-state index contributed by atoms with van der Waals surface area (Å²) in [7, 11) is -3.77. The van der Waals surface area contributed by atoms with Crippen molar-refractivity contribution in [3.05, 3.63) is 30.3 Å². The van der Waals surface area contributed by atoms with Crippen molar-refractivity contribution in [2.45, 2.75) is 75.7 Å². The Kier molecular flexibility index (Phi) is 8.55. The number of hydrogen-bond acceptors (Lipinski definition) is 6. The number of carbonyl (C=O) groups excluding carboxylic acids is 1. The molecule has 1 aliphatic heterocycles. The lowest BCUT2D eigenvalue weighted by atomic mass is 10.1. The Morgan fingerprint density at radius 2 is 1.97 bits per heavy atom. The van der Waals surface area contributed by atoms with Crippen LogP contribution in [0.1, 0.15) is 46.5 Å². The molecular formula is C23H36N2O6S. The third kappa shape index (κ3) is 6.21. The van der Waals surface area contributed by atoms with Gasteiger partial charge >= 0.3 is 6.09 Å². The molecule has 1 saturated carbocycles. The molecular weight excluding hydrogens is 432 g/mol. The zero-order chi connectivity index (χ0) is 23.3. The fourth-order valence-electron chi connectivity index (χ4n) is 4.57. The lowest BCUT2D eigenvalue weighted by Gasteiger charge is -2.30. The molecule has 3 rings (SSSR count). The molecule has 1 aromatic carbocycles. The third-order valence-corrected chi connectivity index (χ3v) is 8.07. The molecule has 2 fully saturated rings. The average molecular weight is 469 g/mol. The first-order valence-electron chi connectivity index (χ1n) is 11.5. The van der Waals surface area contributed by atoms with E-state index in [1.807, 2.05) is 20.8 Å². The molecule has 0 radical (unpaired) electrons. The lowest BCUT2D eigenvalue weighted by Crippen LogP contribution is -2.50. The van der Waals surface area contributed by atoms with Gasteiger partial charge in [0.1, 0.15) is 6.10 Å². The summed E-state index contributed by atoms with van der Waals surface area (Å²) in [5.41, 5.74) is 0. The van der Waals surface area contributed by atoms with Gasteiger partial charge in [-0.2, -0.15) is 4.31 Å². The van der Waals surface area contributed by atoms with Crippen LogP contribution in [0.25, 0.3) is 0 Å². The summed E-state index contributed by atoms with van der Waals surface area (Å²) in [6.45, 7) is 6.61. The number of fused-ring (bicyclic) bond motifs is 1. The molecule has 0 bridgehead atoms. The molecule has 2 N–H and O–H groups in total. The quantitative estimate of drug-likeness (QED) is 0.547. The average Bonchev–Trinajstić information content (AvgIpc) is 3.33. The van der Waals surface area contributed by atoms with E-state index in [0.717, 1.165) is 19.4 Å². The zero-order valence-corrected chi connectivity index (χ0v) is 20.0. The highest BCUT2D eigenvalue weighted by molar-refractivity contribution is 7.89. The molecule has 1 saturated heterocycles. The summed E-state index contributed by atoms with van der Waals surface area (Å²) in [4.78, 5) is 12.6. The minimum Gasteiger partial charge on any atom is -0.446 e. The fourth-order valence-corrected chi connectivity index (χ4v) is 6.22. The maximum absolute atomic E-state index is 13.2. The second-order valence-electron chi connectivity index (χ2n) is 9.21. The van der Waals surface area contributed by atoms with E-state index in [1.165, 1.54) is 4.31 Å². The SMILES string of the molecule is CC[C@H](NC(=O)O[C@@H]1CC2CCO[C@@H]2C1)[C@H](O)CN(CC(C)C)S(=O)(=O)c1ccccc1. The van der Waals surface area contributed by atoms with Crippen molar-refractivity contribution >= 4 is 16.1 Å². The summed E-state index contributed by atoms with van der Waals surface area (Å²) in [5, 5.41) is 13.6. The number of alkyl carbamates (subject to hydrolysis) is 1. The summed E-state index contributed by atoms with van der Waals surface area (Å²) < 4.78 is 38.8. The largest absolute Gasteiger partial charge is 0.446 e. The first kappa shape index (κ1) is 25.0. The number of nitrogens with one attached hydrogen (secondary N) is 1. The smallest absolute Gasteiger partial charge is 0.407 e. The number of rotatable bonds is 10. The van der Waals surface area contributed by atoms with Gasteiger partial charge in [-0.25, -0.2) is 13.2 Å². The number of aliphatic hydroxyl groups is 1. The molecule has 32 heavy (non-hydrogen) atoms. The topological polar surface area (TPSA) is 105 Å². The Labute approximate surface area is 191 Å². The molecule has 1 amide bonds. The number of carbonyl (C=O) groups is 1. The van der Waals surface area contributed by atoms with Crippen LogP contribution in [0.4, 0.5) is 4.79 Å². The minimum atomic E-state index is -3.77. The molecule has 0 aromatic heterocycles. The predicted octanol–water partition coefficient (Wildman–Crippen LogP) is 2.77. The first-order chi connectivity index (χ1) is 15.2. The van der Waals surface area contributed by atoms with Crippen LogP contribution in [0.5, 0.6) is 0 Å². The third-order valence-electron chi connectivity index (χ3n) is 6.23. The van der Waals surface area contributed by atoms with E-state index in [0.29, 0.717) is 18.8 Å². The van der Waals surface area contributed by atoms with Crippen LogP contribution < -0.4 is 5.32 Å². The summed E-state index contributed by atoms with van der Waals surface area (Å²) in [5.74, 6) is 0.524. The van der Waals surface area contributed by atoms with Gasteiger partial charge in [-0.15, -0.1) is 0 Å². The molecule has 180 valence electrons. The Morgan fingerprint density at radius 1 is 1.25 bits per heavy atom. The van der Waals surface area contributed by atoms with Crippen LogP contribution in [-0.4, -0.2) is 68.0 Å². The Balaban J connectivity index is 1.60. The van der Waals surface area contributed by atoms with E-state index in [-0.39, 0.29) is 36.1 Å². The lowest BCUT2D eigenvalue weighted by molar-refractivity contribution is 0.0550. The van der Waals surface area contributed by atoms with Gasteiger partial charge in [0.05, 0.1) is 23.1 Å².